The second-order valence-electron chi connectivity index (χ2n) is 8.34. The van der Waals surface area contributed by atoms with Crippen molar-refractivity contribution in [3.63, 3.8) is 0 Å². The van der Waals surface area contributed by atoms with Crippen molar-refractivity contribution >= 4 is 11.8 Å². The molecule has 0 spiro atoms. The number of carbonyl (C=O) groups excluding carboxylic acids is 1. The average Bonchev–Trinajstić information content (AvgIpc) is 2.76. The minimum Gasteiger partial charge on any atom is -0.489 e. The lowest BCUT2D eigenvalue weighted by molar-refractivity contribution is -0.120. The molecule has 0 bridgehead atoms. The van der Waals surface area contributed by atoms with E-state index in [1.165, 1.54) is 4.90 Å². The predicted octanol–water partition coefficient (Wildman–Crippen LogP) is 4.09. The molecule has 0 unspecified atom stereocenters. The summed E-state index contributed by atoms with van der Waals surface area (Å²) < 4.78 is 50.1. The summed E-state index contributed by atoms with van der Waals surface area (Å²) in [6.45, 7) is 7.77. The van der Waals surface area contributed by atoms with Crippen molar-refractivity contribution < 1.29 is 27.4 Å². The Hall–Kier alpha value is -2.12. The van der Waals surface area contributed by atoms with E-state index in [0.29, 0.717) is 37.4 Å². The van der Waals surface area contributed by atoms with Crippen LogP contribution >= 0.6 is 0 Å². The third-order valence-corrected chi connectivity index (χ3v) is 4.98. The van der Waals surface area contributed by atoms with Crippen LogP contribution in [0.2, 0.25) is 0 Å². The number of benzene rings is 1. The first-order valence-corrected chi connectivity index (χ1v) is 9.52. The zero-order valence-corrected chi connectivity index (χ0v) is 16.8. The first kappa shape index (κ1) is 20.6. The van der Waals surface area contributed by atoms with Gasteiger partial charge < -0.3 is 19.3 Å². The highest BCUT2D eigenvalue weighted by molar-refractivity contribution is 5.70. The lowest BCUT2D eigenvalue weighted by Gasteiger charge is -2.34. The van der Waals surface area contributed by atoms with Crippen LogP contribution in [0.25, 0.3) is 0 Å². The summed E-state index contributed by atoms with van der Waals surface area (Å²) in [6.07, 6.45) is -3.44. The van der Waals surface area contributed by atoms with Crippen LogP contribution in [0.3, 0.4) is 0 Å². The van der Waals surface area contributed by atoms with Crippen molar-refractivity contribution in [2.24, 2.45) is 0 Å². The van der Waals surface area contributed by atoms with Crippen LogP contribution in [0.5, 0.6) is 5.75 Å². The van der Waals surface area contributed by atoms with Gasteiger partial charge in [0, 0.05) is 13.1 Å². The lowest BCUT2D eigenvalue weighted by Crippen LogP contribution is -2.40. The maximum Gasteiger partial charge on any atom is 0.410 e. The van der Waals surface area contributed by atoms with Gasteiger partial charge in [0.2, 0.25) is 0 Å². The van der Waals surface area contributed by atoms with Gasteiger partial charge in [0.05, 0.1) is 12.2 Å². The van der Waals surface area contributed by atoms with E-state index in [1.54, 1.807) is 11.0 Å². The number of ether oxygens (including phenoxy) is 2. The second kappa shape index (κ2) is 7.37. The number of fused-ring (bicyclic) bond motifs is 2. The van der Waals surface area contributed by atoms with E-state index < -0.39 is 18.3 Å². The molecule has 5 nitrogen and oxygen atoms in total. The Balaban J connectivity index is 1.86. The molecule has 0 saturated heterocycles. The summed E-state index contributed by atoms with van der Waals surface area (Å²) in [5, 5.41) is 0. The molecule has 1 aromatic rings. The summed E-state index contributed by atoms with van der Waals surface area (Å²) in [4.78, 5) is 15.4. The van der Waals surface area contributed by atoms with Crippen LogP contribution in [0.4, 0.5) is 23.7 Å². The topological polar surface area (TPSA) is 42.0 Å². The van der Waals surface area contributed by atoms with E-state index in [9.17, 15) is 18.0 Å². The summed E-state index contributed by atoms with van der Waals surface area (Å²) >= 11 is 0. The van der Waals surface area contributed by atoms with E-state index >= 15 is 0 Å². The van der Waals surface area contributed by atoms with Crippen LogP contribution in [0.1, 0.15) is 37.5 Å². The molecule has 2 aliphatic rings. The van der Waals surface area contributed by atoms with Crippen molar-refractivity contribution in [1.29, 1.82) is 0 Å². The smallest absolute Gasteiger partial charge is 0.410 e. The predicted molar refractivity (Wildman–Crippen MR) is 100 cm³/mol. The minimum atomic E-state index is -4.27. The van der Waals surface area contributed by atoms with Gasteiger partial charge in [-0.2, -0.15) is 13.2 Å². The Kier molecular flexibility index (Phi) is 5.42. The number of hydrogen-bond acceptors (Lipinski definition) is 4. The number of alkyl halides is 3. The maximum absolute atomic E-state index is 13.0. The van der Waals surface area contributed by atoms with Gasteiger partial charge in [-0.05, 0) is 63.3 Å². The number of halogens is 3. The SMILES string of the molecule is Cc1c2c(cc3c1OCCN3CC(F)(F)F)CCN(C(=O)OC(C)(C)C)CC2. The number of hydrogen-bond donors (Lipinski definition) is 0. The number of anilines is 1. The van der Waals surface area contributed by atoms with Crippen LogP contribution in [0, 0.1) is 6.92 Å². The van der Waals surface area contributed by atoms with Crippen molar-refractivity contribution in [2.45, 2.75) is 52.3 Å². The maximum atomic E-state index is 13.0. The number of rotatable bonds is 1. The number of carbonyl (C=O) groups is 1. The van der Waals surface area contributed by atoms with Gasteiger partial charge in [0.25, 0.3) is 0 Å². The Morgan fingerprint density at radius 3 is 2.50 bits per heavy atom. The molecule has 156 valence electrons. The second-order valence-corrected chi connectivity index (χ2v) is 8.34. The number of amides is 1. The molecule has 0 aliphatic carbocycles. The van der Waals surface area contributed by atoms with Gasteiger partial charge in [0.15, 0.2) is 0 Å². The molecule has 2 aliphatic heterocycles. The van der Waals surface area contributed by atoms with Crippen LogP contribution in [-0.2, 0) is 17.6 Å². The molecule has 3 rings (SSSR count). The Morgan fingerprint density at radius 2 is 1.86 bits per heavy atom. The molecule has 0 radical (unpaired) electrons. The first-order valence-electron chi connectivity index (χ1n) is 9.52. The van der Waals surface area contributed by atoms with E-state index in [0.717, 1.165) is 16.7 Å². The van der Waals surface area contributed by atoms with Crippen molar-refractivity contribution in [2.75, 3.05) is 37.7 Å². The van der Waals surface area contributed by atoms with Crippen molar-refractivity contribution in [3.05, 3.63) is 22.8 Å². The normalized spacial score (nSPS) is 17.4. The monoisotopic (exact) mass is 400 g/mol. The minimum absolute atomic E-state index is 0.203. The third-order valence-electron chi connectivity index (χ3n) is 4.98. The molecule has 1 aromatic carbocycles. The molecule has 28 heavy (non-hydrogen) atoms. The lowest BCUT2D eigenvalue weighted by atomic mass is 9.95. The third kappa shape index (κ3) is 4.64. The molecule has 0 N–H and O–H groups in total. The zero-order valence-electron chi connectivity index (χ0n) is 16.8. The molecule has 0 saturated carbocycles. The first-order chi connectivity index (χ1) is 12.9. The van der Waals surface area contributed by atoms with Crippen molar-refractivity contribution in [3.8, 4) is 5.75 Å². The molecule has 1 amide bonds. The Bertz CT molecular complexity index is 757. The zero-order chi connectivity index (χ0) is 20.7. The van der Waals surface area contributed by atoms with Crippen LogP contribution < -0.4 is 9.64 Å². The van der Waals surface area contributed by atoms with E-state index in [-0.39, 0.29) is 19.2 Å². The van der Waals surface area contributed by atoms with E-state index in [1.807, 2.05) is 27.7 Å². The molecule has 0 atom stereocenters. The van der Waals surface area contributed by atoms with Gasteiger partial charge in [-0.15, -0.1) is 0 Å². The highest BCUT2D eigenvalue weighted by Crippen LogP contribution is 2.40. The standard InChI is InChI=1S/C20H27F3N2O3/c1-13-15-6-8-24(18(26)28-19(2,3)4)7-5-14(15)11-16-17(13)27-10-9-25(16)12-20(21,22)23/h11H,5-10,12H2,1-4H3. The fraction of sp³-hybridized carbons (Fsp3) is 0.650. The van der Waals surface area contributed by atoms with E-state index in [2.05, 4.69) is 0 Å². The molecule has 8 heteroatoms. The highest BCUT2D eigenvalue weighted by Gasteiger charge is 2.35. The molecular formula is C20H27F3N2O3. The highest BCUT2D eigenvalue weighted by atomic mass is 19.4. The summed E-state index contributed by atoms with van der Waals surface area (Å²) in [5.41, 5.74) is 2.81. The fourth-order valence-electron chi connectivity index (χ4n) is 3.76. The van der Waals surface area contributed by atoms with Gasteiger partial charge in [-0.1, -0.05) is 0 Å². The number of nitrogens with zero attached hydrogens (tertiary/aromatic N) is 2. The largest absolute Gasteiger partial charge is 0.489 e. The Labute approximate surface area is 163 Å². The van der Waals surface area contributed by atoms with Gasteiger partial charge in [-0.25, -0.2) is 4.79 Å². The molecule has 2 heterocycles. The van der Waals surface area contributed by atoms with Gasteiger partial charge >= 0.3 is 12.3 Å². The quantitative estimate of drug-likeness (QED) is 0.712. The van der Waals surface area contributed by atoms with Crippen LogP contribution in [-0.4, -0.2) is 55.6 Å². The van der Waals surface area contributed by atoms with Crippen LogP contribution in [0.15, 0.2) is 6.07 Å². The summed E-state index contributed by atoms with van der Waals surface area (Å²) in [7, 11) is 0. The average molecular weight is 400 g/mol. The fourth-order valence-corrected chi connectivity index (χ4v) is 3.76. The van der Waals surface area contributed by atoms with Crippen molar-refractivity contribution in [1.82, 2.24) is 4.90 Å². The molecular weight excluding hydrogens is 373 g/mol. The van der Waals surface area contributed by atoms with Gasteiger partial charge in [-0.3, -0.25) is 0 Å². The molecule has 0 aromatic heterocycles. The Morgan fingerprint density at radius 1 is 1.18 bits per heavy atom. The summed E-state index contributed by atoms with van der Waals surface area (Å²) in [6, 6.07) is 1.81. The molecule has 0 fully saturated rings. The van der Waals surface area contributed by atoms with E-state index in [4.69, 9.17) is 9.47 Å². The van der Waals surface area contributed by atoms with Gasteiger partial charge in [0.1, 0.15) is 24.5 Å². The summed E-state index contributed by atoms with van der Waals surface area (Å²) in [5.74, 6) is 0.528.